The fraction of sp³-hybridized carbons (Fsp3) is 0. The van der Waals surface area contributed by atoms with Crippen molar-refractivity contribution in [3.05, 3.63) is 164 Å². The molecule has 0 amide bonds. The van der Waals surface area contributed by atoms with Gasteiger partial charge in [-0.05, 0) is 80.2 Å². The van der Waals surface area contributed by atoms with E-state index in [0.717, 1.165) is 44.2 Å². The Hall–Kier alpha value is -7.11. The Morgan fingerprint density at radius 1 is 0.404 bits per heavy atom. The third kappa shape index (κ3) is 3.74. The van der Waals surface area contributed by atoms with E-state index in [1.54, 1.807) is 0 Å². The number of rotatable bonds is 3. The van der Waals surface area contributed by atoms with Gasteiger partial charge in [-0.25, -0.2) is 4.98 Å². The van der Waals surface area contributed by atoms with Crippen LogP contribution >= 0.6 is 0 Å². The van der Waals surface area contributed by atoms with Gasteiger partial charge >= 0.3 is 0 Å². The van der Waals surface area contributed by atoms with Gasteiger partial charge in [0.25, 0.3) is 5.78 Å². The first-order valence-corrected chi connectivity index (χ1v) is 17.6. The summed E-state index contributed by atoms with van der Waals surface area (Å²) >= 11 is 0. The highest BCUT2D eigenvalue weighted by Crippen LogP contribution is 2.49. The predicted octanol–water partition coefficient (Wildman–Crippen LogP) is 11.7. The van der Waals surface area contributed by atoms with Crippen molar-refractivity contribution in [1.29, 1.82) is 0 Å². The van der Waals surface area contributed by atoms with E-state index in [1.165, 1.54) is 54.8 Å². The molecule has 11 aromatic rings. The zero-order valence-corrected chi connectivity index (χ0v) is 27.8. The van der Waals surface area contributed by atoms with Crippen LogP contribution in [0.2, 0.25) is 0 Å². The molecule has 3 heterocycles. The third-order valence-corrected chi connectivity index (χ3v) is 10.9. The summed E-state index contributed by atoms with van der Waals surface area (Å²) in [7, 11) is 0. The van der Waals surface area contributed by atoms with Crippen molar-refractivity contribution >= 4 is 60.0 Å². The largest absolute Gasteiger partial charge is 0.309 e. The molecule has 0 saturated heterocycles. The van der Waals surface area contributed by atoms with E-state index in [0.29, 0.717) is 11.6 Å². The lowest BCUT2D eigenvalue weighted by Gasteiger charge is -2.14. The Morgan fingerprint density at radius 2 is 1.08 bits per heavy atom. The molecule has 0 radical (unpaired) electrons. The summed E-state index contributed by atoms with van der Waals surface area (Å²) < 4.78 is 4.31. The quantitative estimate of drug-likeness (QED) is 0.189. The molecule has 0 bridgehead atoms. The van der Waals surface area contributed by atoms with Crippen LogP contribution in [0.3, 0.4) is 0 Å². The average Bonchev–Trinajstić information content (AvgIpc) is 3.77. The SMILES string of the molecule is c1ccc(-c2nc3nc(-c4ccc5cc(-n6c7cccc8c7c7c9c(cccc9ccc76)-c6ccccc6-8)ccc5c4)nn3c3ccccc23)cc1. The second-order valence-corrected chi connectivity index (χ2v) is 13.7. The summed E-state index contributed by atoms with van der Waals surface area (Å²) in [5.41, 5.74) is 12.6. The third-order valence-electron chi connectivity index (χ3n) is 10.9. The number of hydrogen-bond donors (Lipinski definition) is 0. The van der Waals surface area contributed by atoms with Crippen LogP contribution in [0, 0.1) is 0 Å². The van der Waals surface area contributed by atoms with Gasteiger partial charge in [0.15, 0.2) is 5.82 Å². The van der Waals surface area contributed by atoms with Crippen molar-refractivity contribution in [2.75, 3.05) is 0 Å². The van der Waals surface area contributed by atoms with Crippen LogP contribution in [0.5, 0.6) is 0 Å². The number of hydrogen-bond acceptors (Lipinski definition) is 3. The summed E-state index contributed by atoms with van der Waals surface area (Å²) in [6, 6.07) is 58.7. The van der Waals surface area contributed by atoms with E-state index in [1.807, 2.05) is 34.8 Å². The highest BCUT2D eigenvalue weighted by atomic mass is 15.3. The molecule has 1 aliphatic rings. The van der Waals surface area contributed by atoms with Gasteiger partial charge in [0.2, 0.25) is 0 Å². The Labute approximate surface area is 297 Å². The molecule has 0 N–H and O–H groups in total. The Balaban J connectivity index is 1.03. The maximum Gasteiger partial charge on any atom is 0.253 e. The standard InChI is InChI=1S/C47H27N5/c1-2-10-29(11-3-1)45-38-15-6-7-18-39(38)52-47(48-45)49-46(50-52)32-21-20-31-27-33(24-22-30(31)26-32)51-40-19-9-17-37-35-14-5-4-13-34(35)36-16-8-12-28-23-25-41(51)44(42(28)36)43(37)40/h1-27H. The lowest BCUT2D eigenvalue weighted by Crippen LogP contribution is -1.97. The van der Waals surface area contributed by atoms with Crippen molar-refractivity contribution < 1.29 is 0 Å². The molecule has 0 aliphatic heterocycles. The summed E-state index contributed by atoms with van der Waals surface area (Å²) in [5.74, 6) is 1.24. The number of fused-ring (bicyclic) bond motifs is 7. The minimum Gasteiger partial charge on any atom is -0.309 e. The monoisotopic (exact) mass is 661 g/mol. The molecule has 12 rings (SSSR count). The lowest BCUT2D eigenvalue weighted by atomic mass is 9.93. The normalized spacial score (nSPS) is 12.2. The molecular formula is C47H27N5. The minimum absolute atomic E-state index is 0.584. The molecule has 3 aromatic heterocycles. The zero-order chi connectivity index (χ0) is 33.9. The van der Waals surface area contributed by atoms with E-state index >= 15 is 0 Å². The van der Waals surface area contributed by atoms with Crippen LogP contribution in [0.1, 0.15) is 0 Å². The van der Waals surface area contributed by atoms with Crippen LogP contribution < -0.4 is 0 Å². The number of benzene rings is 8. The molecule has 0 unspecified atom stereocenters. The van der Waals surface area contributed by atoms with Gasteiger partial charge < -0.3 is 4.57 Å². The van der Waals surface area contributed by atoms with Crippen molar-refractivity contribution in [2.24, 2.45) is 0 Å². The molecule has 5 heteroatoms. The highest BCUT2D eigenvalue weighted by Gasteiger charge is 2.24. The fourth-order valence-corrected chi connectivity index (χ4v) is 8.61. The highest BCUT2D eigenvalue weighted by molar-refractivity contribution is 6.30. The summed E-state index contributed by atoms with van der Waals surface area (Å²) in [4.78, 5) is 9.96. The molecule has 0 atom stereocenters. The summed E-state index contributed by atoms with van der Waals surface area (Å²) in [6.45, 7) is 0. The topological polar surface area (TPSA) is 48.0 Å². The Bertz CT molecular complexity index is 3300. The predicted molar refractivity (Wildman–Crippen MR) is 213 cm³/mol. The Morgan fingerprint density at radius 3 is 1.96 bits per heavy atom. The first-order valence-electron chi connectivity index (χ1n) is 17.6. The molecule has 5 nitrogen and oxygen atoms in total. The van der Waals surface area contributed by atoms with Crippen LogP contribution in [0.15, 0.2) is 164 Å². The van der Waals surface area contributed by atoms with Crippen LogP contribution in [-0.2, 0) is 0 Å². The maximum atomic E-state index is 5.01. The minimum atomic E-state index is 0.584. The van der Waals surface area contributed by atoms with E-state index < -0.39 is 0 Å². The van der Waals surface area contributed by atoms with Crippen LogP contribution in [0.25, 0.3) is 111 Å². The molecule has 1 aliphatic carbocycles. The van der Waals surface area contributed by atoms with Gasteiger partial charge in [0.05, 0.1) is 22.2 Å². The average molecular weight is 662 g/mol. The first-order chi connectivity index (χ1) is 25.8. The van der Waals surface area contributed by atoms with Crippen LogP contribution in [-0.4, -0.2) is 24.1 Å². The van der Waals surface area contributed by atoms with Gasteiger partial charge in [-0.15, -0.1) is 5.10 Å². The zero-order valence-electron chi connectivity index (χ0n) is 27.8. The van der Waals surface area contributed by atoms with Crippen LogP contribution in [0.4, 0.5) is 0 Å². The molecule has 0 spiro atoms. The number of para-hydroxylation sites is 1. The number of nitrogens with zero attached hydrogens (tertiary/aromatic N) is 5. The summed E-state index contributed by atoms with van der Waals surface area (Å²) in [5, 5.41) is 13.5. The fourth-order valence-electron chi connectivity index (χ4n) is 8.61. The van der Waals surface area contributed by atoms with Crippen molar-refractivity contribution in [2.45, 2.75) is 0 Å². The maximum absolute atomic E-state index is 5.01. The molecule has 240 valence electrons. The second kappa shape index (κ2) is 10.2. The van der Waals surface area contributed by atoms with Gasteiger partial charge in [-0.2, -0.15) is 9.50 Å². The molecule has 0 fully saturated rings. The summed E-state index contributed by atoms with van der Waals surface area (Å²) in [6.07, 6.45) is 0. The second-order valence-electron chi connectivity index (χ2n) is 13.7. The van der Waals surface area contributed by atoms with Gasteiger partial charge in [0.1, 0.15) is 0 Å². The molecule has 0 saturated carbocycles. The van der Waals surface area contributed by atoms with Gasteiger partial charge in [-0.1, -0.05) is 127 Å². The number of aromatic nitrogens is 5. The van der Waals surface area contributed by atoms with Crippen molar-refractivity contribution in [3.63, 3.8) is 0 Å². The van der Waals surface area contributed by atoms with E-state index in [4.69, 9.17) is 15.1 Å². The van der Waals surface area contributed by atoms with E-state index in [9.17, 15) is 0 Å². The molecule has 8 aromatic carbocycles. The van der Waals surface area contributed by atoms with E-state index in [2.05, 4.69) is 138 Å². The molecular weight excluding hydrogens is 635 g/mol. The van der Waals surface area contributed by atoms with Crippen molar-refractivity contribution in [3.8, 4) is 50.6 Å². The van der Waals surface area contributed by atoms with Crippen molar-refractivity contribution in [1.82, 2.24) is 24.1 Å². The van der Waals surface area contributed by atoms with E-state index in [-0.39, 0.29) is 0 Å². The Kier molecular flexibility index (Phi) is 5.44. The van der Waals surface area contributed by atoms with Gasteiger partial charge in [-0.3, -0.25) is 0 Å². The smallest absolute Gasteiger partial charge is 0.253 e. The first kappa shape index (κ1) is 27.7. The molecule has 52 heavy (non-hydrogen) atoms. The van der Waals surface area contributed by atoms with Gasteiger partial charge in [0, 0.05) is 33.0 Å². The lowest BCUT2D eigenvalue weighted by molar-refractivity contribution is 0.989.